The summed E-state index contributed by atoms with van der Waals surface area (Å²) in [4.78, 5) is 12.5. The molecule has 0 bridgehead atoms. The SMILES string of the molecule is CCOc1ccc(CCNC(=O)Nc2cc(OCC)c(OCC)c(OCC)c2)cc1OCC. The molecule has 0 spiro atoms. The summed E-state index contributed by atoms with van der Waals surface area (Å²) < 4.78 is 28.4. The number of hydrogen-bond donors (Lipinski definition) is 2. The van der Waals surface area contributed by atoms with Gasteiger partial charge in [0.05, 0.1) is 38.7 Å². The predicted molar refractivity (Wildman–Crippen MR) is 129 cm³/mol. The molecule has 8 heteroatoms. The zero-order valence-corrected chi connectivity index (χ0v) is 20.3. The van der Waals surface area contributed by atoms with E-state index in [-0.39, 0.29) is 6.03 Å². The molecule has 0 saturated heterocycles. The lowest BCUT2D eigenvalue weighted by Gasteiger charge is -2.17. The van der Waals surface area contributed by atoms with Gasteiger partial charge in [-0.3, -0.25) is 0 Å². The minimum Gasteiger partial charge on any atom is -0.490 e. The van der Waals surface area contributed by atoms with Crippen LogP contribution in [0.3, 0.4) is 0 Å². The minimum atomic E-state index is -0.319. The fraction of sp³-hybridized carbons (Fsp3) is 0.480. The van der Waals surface area contributed by atoms with Gasteiger partial charge in [0.15, 0.2) is 23.0 Å². The average Bonchev–Trinajstić information content (AvgIpc) is 2.78. The third-order valence-electron chi connectivity index (χ3n) is 4.47. The van der Waals surface area contributed by atoms with Gasteiger partial charge in [-0.05, 0) is 58.7 Å². The van der Waals surface area contributed by atoms with Crippen LogP contribution in [-0.2, 0) is 6.42 Å². The van der Waals surface area contributed by atoms with Crippen LogP contribution in [0.15, 0.2) is 30.3 Å². The first-order valence-electron chi connectivity index (χ1n) is 11.6. The molecule has 0 saturated carbocycles. The molecule has 0 atom stereocenters. The summed E-state index contributed by atoms with van der Waals surface area (Å²) in [5.41, 5.74) is 1.60. The van der Waals surface area contributed by atoms with Crippen LogP contribution in [0.25, 0.3) is 0 Å². The van der Waals surface area contributed by atoms with Crippen LogP contribution >= 0.6 is 0 Å². The second-order valence-corrected chi connectivity index (χ2v) is 6.88. The van der Waals surface area contributed by atoms with Gasteiger partial charge in [0, 0.05) is 18.7 Å². The molecule has 8 nitrogen and oxygen atoms in total. The summed E-state index contributed by atoms with van der Waals surface area (Å²) in [6.45, 7) is 12.5. The molecule has 0 aliphatic carbocycles. The van der Waals surface area contributed by atoms with Gasteiger partial charge in [0.1, 0.15) is 0 Å². The van der Waals surface area contributed by atoms with Gasteiger partial charge in [-0.2, -0.15) is 0 Å². The van der Waals surface area contributed by atoms with Crippen molar-refractivity contribution in [3.63, 3.8) is 0 Å². The van der Waals surface area contributed by atoms with Crippen molar-refractivity contribution in [2.24, 2.45) is 0 Å². The Labute approximate surface area is 196 Å². The molecular formula is C25H36N2O6. The quantitative estimate of drug-likeness (QED) is 0.411. The Bertz CT molecular complexity index is 860. The molecule has 0 aliphatic heterocycles. The largest absolute Gasteiger partial charge is 0.490 e. The molecule has 2 rings (SSSR count). The van der Waals surface area contributed by atoms with Crippen LogP contribution < -0.4 is 34.3 Å². The number of urea groups is 1. The Balaban J connectivity index is 2.02. The number of nitrogens with one attached hydrogen (secondary N) is 2. The van der Waals surface area contributed by atoms with Crippen LogP contribution in [0.5, 0.6) is 28.7 Å². The monoisotopic (exact) mass is 460 g/mol. The fourth-order valence-electron chi connectivity index (χ4n) is 3.21. The summed E-state index contributed by atoms with van der Waals surface area (Å²) in [6.07, 6.45) is 0.650. The Kier molecular flexibility index (Phi) is 11.0. The van der Waals surface area contributed by atoms with E-state index in [1.807, 2.05) is 52.8 Å². The second-order valence-electron chi connectivity index (χ2n) is 6.88. The molecular weight excluding hydrogens is 424 g/mol. The molecule has 2 N–H and O–H groups in total. The highest BCUT2D eigenvalue weighted by Gasteiger charge is 2.16. The number of hydrogen-bond acceptors (Lipinski definition) is 6. The maximum Gasteiger partial charge on any atom is 0.319 e. The molecule has 0 fully saturated rings. The van der Waals surface area contributed by atoms with Gasteiger partial charge >= 0.3 is 6.03 Å². The topological polar surface area (TPSA) is 87.3 Å². The average molecular weight is 461 g/mol. The summed E-state index contributed by atoms with van der Waals surface area (Å²) in [5.74, 6) is 3.02. The van der Waals surface area contributed by atoms with E-state index in [2.05, 4.69) is 10.6 Å². The first kappa shape index (κ1) is 26.0. The number of benzene rings is 2. The first-order chi connectivity index (χ1) is 16.1. The highest BCUT2D eigenvalue weighted by molar-refractivity contribution is 5.90. The zero-order valence-electron chi connectivity index (χ0n) is 20.3. The van der Waals surface area contributed by atoms with Crippen LogP contribution in [0.4, 0.5) is 10.5 Å². The number of ether oxygens (including phenoxy) is 5. The maximum absolute atomic E-state index is 12.5. The molecule has 2 aromatic rings. The highest BCUT2D eigenvalue weighted by Crippen LogP contribution is 2.40. The molecule has 0 heterocycles. The van der Waals surface area contributed by atoms with Gasteiger partial charge in [0.2, 0.25) is 5.75 Å². The van der Waals surface area contributed by atoms with E-state index in [0.29, 0.717) is 74.7 Å². The summed E-state index contributed by atoms with van der Waals surface area (Å²) >= 11 is 0. The number of anilines is 1. The van der Waals surface area contributed by atoms with Crippen LogP contribution in [0.1, 0.15) is 40.2 Å². The van der Waals surface area contributed by atoms with Gasteiger partial charge in [-0.1, -0.05) is 6.07 Å². The Morgan fingerprint density at radius 1 is 0.697 bits per heavy atom. The van der Waals surface area contributed by atoms with Crippen molar-refractivity contribution in [3.05, 3.63) is 35.9 Å². The zero-order chi connectivity index (χ0) is 24.1. The van der Waals surface area contributed by atoms with Crippen LogP contribution in [0, 0.1) is 0 Å². The number of carbonyl (C=O) groups is 1. The van der Waals surface area contributed by atoms with E-state index >= 15 is 0 Å². The summed E-state index contributed by atoms with van der Waals surface area (Å²) in [5, 5.41) is 5.72. The second kappa shape index (κ2) is 14.0. The molecule has 0 aromatic heterocycles. The highest BCUT2D eigenvalue weighted by atomic mass is 16.5. The first-order valence-corrected chi connectivity index (χ1v) is 11.6. The standard InChI is InChI=1S/C25H36N2O6/c1-6-29-20-12-11-18(15-21(20)30-7-2)13-14-26-25(28)27-19-16-22(31-8-3)24(33-10-5)23(17-19)32-9-4/h11-12,15-17H,6-10,13-14H2,1-5H3,(H2,26,27,28). The lowest BCUT2D eigenvalue weighted by molar-refractivity contribution is 0.252. The smallest absolute Gasteiger partial charge is 0.319 e. The maximum atomic E-state index is 12.5. The van der Waals surface area contributed by atoms with Crippen molar-refractivity contribution < 1.29 is 28.5 Å². The number of carbonyl (C=O) groups excluding carboxylic acids is 1. The molecule has 2 aromatic carbocycles. The Morgan fingerprint density at radius 2 is 1.24 bits per heavy atom. The lowest BCUT2D eigenvalue weighted by Crippen LogP contribution is -2.30. The normalized spacial score (nSPS) is 10.3. The fourth-order valence-corrected chi connectivity index (χ4v) is 3.21. The Hall–Kier alpha value is -3.29. The lowest BCUT2D eigenvalue weighted by atomic mass is 10.1. The predicted octanol–water partition coefficient (Wildman–Crippen LogP) is 5.04. The van der Waals surface area contributed by atoms with E-state index in [1.165, 1.54) is 0 Å². The summed E-state index contributed by atoms with van der Waals surface area (Å²) in [6, 6.07) is 8.97. The molecule has 2 amide bonds. The van der Waals surface area contributed by atoms with Crippen molar-refractivity contribution in [1.82, 2.24) is 5.32 Å². The van der Waals surface area contributed by atoms with Crippen molar-refractivity contribution in [3.8, 4) is 28.7 Å². The van der Waals surface area contributed by atoms with Crippen molar-refractivity contribution >= 4 is 11.7 Å². The molecule has 0 aliphatic rings. The van der Waals surface area contributed by atoms with E-state index < -0.39 is 0 Å². The third-order valence-corrected chi connectivity index (χ3v) is 4.47. The molecule has 33 heavy (non-hydrogen) atoms. The number of rotatable bonds is 14. The van der Waals surface area contributed by atoms with Crippen molar-refractivity contribution in [1.29, 1.82) is 0 Å². The third kappa shape index (κ3) is 7.97. The molecule has 0 unspecified atom stereocenters. The Morgan fingerprint density at radius 3 is 1.82 bits per heavy atom. The van der Waals surface area contributed by atoms with Gasteiger partial charge < -0.3 is 34.3 Å². The van der Waals surface area contributed by atoms with Gasteiger partial charge in [-0.25, -0.2) is 4.79 Å². The van der Waals surface area contributed by atoms with E-state index in [9.17, 15) is 4.79 Å². The summed E-state index contributed by atoms with van der Waals surface area (Å²) in [7, 11) is 0. The van der Waals surface area contributed by atoms with Gasteiger partial charge in [0.25, 0.3) is 0 Å². The molecule has 0 radical (unpaired) electrons. The van der Waals surface area contributed by atoms with Crippen LogP contribution in [0.2, 0.25) is 0 Å². The van der Waals surface area contributed by atoms with Gasteiger partial charge in [-0.15, -0.1) is 0 Å². The van der Waals surface area contributed by atoms with Crippen LogP contribution in [-0.4, -0.2) is 45.6 Å². The van der Waals surface area contributed by atoms with E-state index in [0.717, 1.165) is 11.3 Å². The minimum absolute atomic E-state index is 0.319. The van der Waals surface area contributed by atoms with E-state index in [4.69, 9.17) is 23.7 Å². The number of amides is 2. The van der Waals surface area contributed by atoms with Crippen molar-refractivity contribution in [2.45, 2.75) is 41.0 Å². The molecule has 182 valence electrons. The van der Waals surface area contributed by atoms with E-state index in [1.54, 1.807) is 12.1 Å². The van der Waals surface area contributed by atoms with Crippen molar-refractivity contribution in [2.75, 3.05) is 44.9 Å².